The van der Waals surface area contributed by atoms with Crippen LogP contribution in [0.1, 0.15) is 57.6 Å². The molecule has 1 aromatic rings. The Balaban J connectivity index is 1.94. The summed E-state index contributed by atoms with van der Waals surface area (Å²) in [7, 11) is 0. The third-order valence-electron chi connectivity index (χ3n) is 2.80. The molecule has 3 nitrogen and oxygen atoms in total. The smallest absolute Gasteiger partial charge is 0.220 e. The van der Waals surface area contributed by atoms with Gasteiger partial charge in [-0.05, 0) is 18.6 Å². The van der Waals surface area contributed by atoms with Gasteiger partial charge in [-0.2, -0.15) is 0 Å². The fourth-order valence-corrected chi connectivity index (χ4v) is 1.75. The van der Waals surface area contributed by atoms with Gasteiger partial charge in [0.2, 0.25) is 5.91 Å². The Hall–Kier alpha value is -1.25. The minimum Gasteiger partial charge on any atom is -0.467 e. The molecule has 0 saturated carbocycles. The molecular formula is C14H23NO2. The molecule has 1 amide bonds. The molecule has 1 aromatic heterocycles. The third kappa shape index (κ3) is 6.82. The van der Waals surface area contributed by atoms with Gasteiger partial charge in [0, 0.05) is 6.42 Å². The lowest BCUT2D eigenvalue weighted by Crippen LogP contribution is -2.21. The van der Waals surface area contributed by atoms with Crippen molar-refractivity contribution in [2.45, 2.75) is 58.4 Å². The van der Waals surface area contributed by atoms with Gasteiger partial charge in [-0.25, -0.2) is 0 Å². The van der Waals surface area contributed by atoms with Crippen molar-refractivity contribution < 1.29 is 9.21 Å². The second-order valence-corrected chi connectivity index (χ2v) is 4.37. The molecule has 0 unspecified atom stereocenters. The van der Waals surface area contributed by atoms with E-state index in [-0.39, 0.29) is 5.91 Å². The third-order valence-corrected chi connectivity index (χ3v) is 2.80. The first-order valence-corrected chi connectivity index (χ1v) is 6.62. The molecule has 0 atom stereocenters. The van der Waals surface area contributed by atoms with Crippen LogP contribution in [0.25, 0.3) is 0 Å². The summed E-state index contributed by atoms with van der Waals surface area (Å²) in [5.41, 5.74) is 0. The van der Waals surface area contributed by atoms with Crippen LogP contribution in [0.3, 0.4) is 0 Å². The molecule has 1 N–H and O–H groups in total. The van der Waals surface area contributed by atoms with Gasteiger partial charge in [0.05, 0.1) is 12.8 Å². The fourth-order valence-electron chi connectivity index (χ4n) is 1.75. The van der Waals surface area contributed by atoms with E-state index in [1.807, 2.05) is 12.1 Å². The normalized spacial score (nSPS) is 10.4. The SMILES string of the molecule is CCCCCCCCC(=O)NCc1ccco1. The average molecular weight is 237 g/mol. The van der Waals surface area contributed by atoms with E-state index >= 15 is 0 Å². The molecule has 0 saturated heterocycles. The van der Waals surface area contributed by atoms with E-state index in [2.05, 4.69) is 12.2 Å². The van der Waals surface area contributed by atoms with Crippen molar-refractivity contribution in [1.29, 1.82) is 0 Å². The summed E-state index contributed by atoms with van der Waals surface area (Å²) < 4.78 is 5.14. The molecule has 0 aliphatic heterocycles. The maximum Gasteiger partial charge on any atom is 0.220 e. The van der Waals surface area contributed by atoms with Gasteiger partial charge in [-0.15, -0.1) is 0 Å². The fraction of sp³-hybridized carbons (Fsp3) is 0.643. The standard InChI is InChI=1S/C14H23NO2/c1-2-3-4-5-6-7-10-14(16)15-12-13-9-8-11-17-13/h8-9,11H,2-7,10,12H2,1H3,(H,15,16). The Morgan fingerprint density at radius 1 is 1.24 bits per heavy atom. The number of unbranched alkanes of at least 4 members (excludes halogenated alkanes) is 5. The van der Waals surface area contributed by atoms with E-state index in [0.29, 0.717) is 13.0 Å². The second-order valence-electron chi connectivity index (χ2n) is 4.37. The second kappa shape index (κ2) is 8.85. The van der Waals surface area contributed by atoms with Crippen molar-refractivity contribution >= 4 is 5.91 Å². The largest absolute Gasteiger partial charge is 0.467 e. The number of amides is 1. The molecule has 1 rings (SSSR count). The lowest BCUT2D eigenvalue weighted by molar-refractivity contribution is -0.121. The molecule has 3 heteroatoms. The summed E-state index contributed by atoms with van der Waals surface area (Å²) in [5, 5.41) is 2.85. The van der Waals surface area contributed by atoms with E-state index in [9.17, 15) is 4.79 Å². The van der Waals surface area contributed by atoms with E-state index in [1.165, 1.54) is 25.7 Å². The Morgan fingerprint density at radius 3 is 2.71 bits per heavy atom. The molecule has 0 aliphatic rings. The Morgan fingerprint density at radius 2 is 2.00 bits per heavy atom. The molecule has 0 aliphatic carbocycles. The lowest BCUT2D eigenvalue weighted by Gasteiger charge is -2.03. The molecule has 1 heterocycles. The number of carbonyl (C=O) groups excluding carboxylic acids is 1. The van der Waals surface area contributed by atoms with Crippen molar-refractivity contribution in [3.8, 4) is 0 Å². The van der Waals surface area contributed by atoms with Gasteiger partial charge in [0.15, 0.2) is 0 Å². The van der Waals surface area contributed by atoms with E-state index in [4.69, 9.17) is 4.42 Å². The molecule has 0 radical (unpaired) electrons. The zero-order valence-electron chi connectivity index (χ0n) is 10.7. The Labute approximate surface area is 104 Å². The summed E-state index contributed by atoms with van der Waals surface area (Å²) >= 11 is 0. The first kappa shape index (κ1) is 13.8. The highest BCUT2D eigenvalue weighted by Crippen LogP contribution is 2.07. The van der Waals surface area contributed by atoms with Crippen LogP contribution < -0.4 is 5.32 Å². The number of nitrogens with one attached hydrogen (secondary N) is 1. The zero-order valence-corrected chi connectivity index (χ0v) is 10.7. The van der Waals surface area contributed by atoms with Gasteiger partial charge >= 0.3 is 0 Å². The number of carbonyl (C=O) groups is 1. The molecule has 96 valence electrons. The van der Waals surface area contributed by atoms with Crippen molar-refractivity contribution in [3.05, 3.63) is 24.2 Å². The number of hydrogen-bond donors (Lipinski definition) is 1. The quantitative estimate of drug-likeness (QED) is 0.666. The molecule has 0 spiro atoms. The van der Waals surface area contributed by atoms with Crippen LogP contribution in [0.4, 0.5) is 0 Å². The van der Waals surface area contributed by atoms with Gasteiger partial charge in [0.1, 0.15) is 5.76 Å². The Bertz CT molecular complexity index is 293. The predicted octanol–water partition coefficient (Wildman–Crippen LogP) is 3.65. The van der Waals surface area contributed by atoms with Crippen molar-refractivity contribution in [1.82, 2.24) is 5.32 Å². The highest BCUT2D eigenvalue weighted by molar-refractivity contribution is 5.75. The number of hydrogen-bond acceptors (Lipinski definition) is 2. The van der Waals surface area contributed by atoms with E-state index in [1.54, 1.807) is 6.26 Å². The highest BCUT2D eigenvalue weighted by atomic mass is 16.3. The molecule has 0 bridgehead atoms. The minimum atomic E-state index is 0.122. The first-order chi connectivity index (χ1) is 8.33. The van der Waals surface area contributed by atoms with Crippen molar-refractivity contribution in [2.24, 2.45) is 0 Å². The van der Waals surface area contributed by atoms with Crippen LogP contribution in [0, 0.1) is 0 Å². The molecular weight excluding hydrogens is 214 g/mol. The molecule has 17 heavy (non-hydrogen) atoms. The maximum atomic E-state index is 11.5. The predicted molar refractivity (Wildman–Crippen MR) is 68.5 cm³/mol. The minimum absolute atomic E-state index is 0.122. The van der Waals surface area contributed by atoms with Crippen LogP contribution in [0.15, 0.2) is 22.8 Å². The molecule has 0 aromatic carbocycles. The van der Waals surface area contributed by atoms with E-state index < -0.39 is 0 Å². The van der Waals surface area contributed by atoms with E-state index in [0.717, 1.165) is 18.6 Å². The van der Waals surface area contributed by atoms with Crippen LogP contribution in [-0.4, -0.2) is 5.91 Å². The summed E-state index contributed by atoms with van der Waals surface area (Å²) in [6, 6.07) is 3.69. The maximum absolute atomic E-state index is 11.5. The zero-order chi connectivity index (χ0) is 12.3. The van der Waals surface area contributed by atoms with Crippen LogP contribution in [0.2, 0.25) is 0 Å². The first-order valence-electron chi connectivity index (χ1n) is 6.62. The topological polar surface area (TPSA) is 42.2 Å². The number of rotatable bonds is 9. The summed E-state index contributed by atoms with van der Waals surface area (Å²) in [4.78, 5) is 11.5. The van der Waals surface area contributed by atoms with Crippen molar-refractivity contribution in [3.63, 3.8) is 0 Å². The molecule has 0 fully saturated rings. The van der Waals surface area contributed by atoms with Crippen LogP contribution >= 0.6 is 0 Å². The van der Waals surface area contributed by atoms with Gasteiger partial charge < -0.3 is 9.73 Å². The van der Waals surface area contributed by atoms with Crippen molar-refractivity contribution in [2.75, 3.05) is 0 Å². The lowest BCUT2D eigenvalue weighted by atomic mass is 10.1. The van der Waals surface area contributed by atoms with Gasteiger partial charge in [-0.1, -0.05) is 39.0 Å². The van der Waals surface area contributed by atoms with Gasteiger partial charge in [0.25, 0.3) is 0 Å². The monoisotopic (exact) mass is 237 g/mol. The summed E-state index contributed by atoms with van der Waals surface area (Å²) in [6.45, 7) is 2.71. The highest BCUT2D eigenvalue weighted by Gasteiger charge is 2.02. The summed E-state index contributed by atoms with van der Waals surface area (Å²) in [5.74, 6) is 0.929. The Kier molecular flexibility index (Phi) is 7.19. The summed E-state index contributed by atoms with van der Waals surface area (Å²) in [6.07, 6.45) is 9.53. The van der Waals surface area contributed by atoms with Crippen LogP contribution in [0.5, 0.6) is 0 Å². The van der Waals surface area contributed by atoms with Crippen LogP contribution in [-0.2, 0) is 11.3 Å². The average Bonchev–Trinajstić information content (AvgIpc) is 2.84. The number of furan rings is 1. The van der Waals surface area contributed by atoms with Gasteiger partial charge in [-0.3, -0.25) is 4.79 Å².